The fourth-order valence-electron chi connectivity index (χ4n) is 2.87. The van der Waals surface area contributed by atoms with Crippen molar-refractivity contribution in [2.45, 2.75) is 45.1 Å². The number of carbonyl (C=O) groups excluding carboxylic acids is 1. The lowest BCUT2D eigenvalue weighted by molar-refractivity contribution is 0.0205. The van der Waals surface area contributed by atoms with Gasteiger partial charge >= 0.3 is 6.09 Å². The number of piperidine rings is 1. The van der Waals surface area contributed by atoms with E-state index in [0.717, 1.165) is 23.9 Å². The maximum Gasteiger partial charge on any atom is 0.410 e. The van der Waals surface area contributed by atoms with Crippen LogP contribution < -0.4 is 5.56 Å². The van der Waals surface area contributed by atoms with E-state index in [-0.39, 0.29) is 11.7 Å². The molecule has 0 bridgehead atoms. The van der Waals surface area contributed by atoms with Crippen LogP contribution in [0.4, 0.5) is 4.79 Å². The summed E-state index contributed by atoms with van der Waals surface area (Å²) in [6.07, 6.45) is 2.93. The lowest BCUT2D eigenvalue weighted by Crippen LogP contribution is -2.41. The smallest absolute Gasteiger partial charge is 0.410 e. The fourth-order valence-corrected chi connectivity index (χ4v) is 3.87. The first-order chi connectivity index (χ1) is 10.8. The van der Waals surface area contributed by atoms with Crippen LogP contribution in [0.5, 0.6) is 0 Å². The molecule has 1 saturated heterocycles. The van der Waals surface area contributed by atoms with Crippen LogP contribution in [0.1, 0.15) is 45.1 Å². The zero-order chi connectivity index (χ0) is 16.6. The molecule has 3 rings (SSSR count). The summed E-state index contributed by atoms with van der Waals surface area (Å²) in [5, 5.41) is 2.03. The third-order valence-electron chi connectivity index (χ3n) is 3.97. The maximum absolute atomic E-state index is 12.1. The minimum Gasteiger partial charge on any atom is -0.444 e. The van der Waals surface area contributed by atoms with Crippen LogP contribution >= 0.6 is 11.3 Å². The van der Waals surface area contributed by atoms with Gasteiger partial charge in [-0.2, -0.15) is 0 Å². The van der Waals surface area contributed by atoms with Crippen molar-refractivity contribution < 1.29 is 9.53 Å². The zero-order valence-electron chi connectivity index (χ0n) is 13.6. The lowest BCUT2D eigenvalue weighted by atomic mass is 9.91. The Morgan fingerprint density at radius 3 is 2.74 bits per heavy atom. The van der Waals surface area contributed by atoms with Crippen LogP contribution in [0.2, 0.25) is 0 Å². The summed E-state index contributed by atoms with van der Waals surface area (Å²) < 4.78 is 6.10. The van der Waals surface area contributed by atoms with Crippen LogP contribution in [0.25, 0.3) is 10.2 Å². The number of thiophene rings is 1. The average Bonchev–Trinajstić information content (AvgIpc) is 2.91. The molecule has 7 heteroatoms. The molecule has 2 aromatic rings. The van der Waals surface area contributed by atoms with Crippen molar-refractivity contribution in [3.05, 3.63) is 27.6 Å². The molecule has 0 aliphatic carbocycles. The zero-order valence-corrected chi connectivity index (χ0v) is 14.4. The van der Waals surface area contributed by atoms with Crippen LogP contribution in [-0.2, 0) is 4.74 Å². The molecule has 1 N–H and O–H groups in total. The first-order valence-electron chi connectivity index (χ1n) is 7.78. The van der Waals surface area contributed by atoms with Crippen LogP contribution in [0.3, 0.4) is 0 Å². The summed E-state index contributed by atoms with van der Waals surface area (Å²) in [5.74, 6) is 0.330. The van der Waals surface area contributed by atoms with Gasteiger partial charge in [-0.1, -0.05) is 0 Å². The van der Waals surface area contributed by atoms with Crippen molar-refractivity contribution in [1.82, 2.24) is 14.9 Å². The van der Waals surface area contributed by atoms with E-state index in [1.54, 1.807) is 4.90 Å². The Bertz CT molecular complexity index is 767. The summed E-state index contributed by atoms with van der Waals surface area (Å²) in [6.45, 7) is 6.95. The number of nitrogens with zero attached hydrogens (tertiary/aromatic N) is 2. The van der Waals surface area contributed by atoms with E-state index in [9.17, 15) is 9.59 Å². The quantitative estimate of drug-likeness (QED) is 0.869. The van der Waals surface area contributed by atoms with Crippen molar-refractivity contribution in [3.8, 4) is 0 Å². The molecule has 0 spiro atoms. The Kier molecular flexibility index (Phi) is 4.14. The van der Waals surface area contributed by atoms with E-state index in [1.807, 2.05) is 26.2 Å². The summed E-state index contributed by atoms with van der Waals surface area (Å²) in [7, 11) is 0. The number of ether oxygens (including phenoxy) is 1. The summed E-state index contributed by atoms with van der Waals surface area (Å²) in [6, 6.07) is 0. The highest BCUT2D eigenvalue weighted by molar-refractivity contribution is 7.17. The number of carbonyl (C=O) groups is 1. The van der Waals surface area contributed by atoms with Crippen LogP contribution in [-0.4, -0.2) is 39.7 Å². The number of H-pyrrole nitrogens is 1. The Hall–Kier alpha value is -1.89. The normalized spacial score (nSPS) is 16.7. The molecule has 1 amide bonds. The van der Waals surface area contributed by atoms with Gasteiger partial charge in [0.2, 0.25) is 0 Å². The highest BCUT2D eigenvalue weighted by Gasteiger charge is 2.28. The number of amides is 1. The van der Waals surface area contributed by atoms with E-state index in [0.29, 0.717) is 23.7 Å². The van der Waals surface area contributed by atoms with Gasteiger partial charge in [0.1, 0.15) is 10.3 Å². The van der Waals surface area contributed by atoms with E-state index in [4.69, 9.17) is 4.74 Å². The summed E-state index contributed by atoms with van der Waals surface area (Å²) in [4.78, 5) is 32.6. The standard InChI is InChI=1S/C16H21N3O3S/c1-16(2,3)22-15(21)19-6-4-10(5-7-19)11-8-23-13-12(11)17-9-18-14(13)20/h8-10H,4-7H2,1-3H3,(H,17,18,20). The second-order valence-electron chi connectivity index (χ2n) is 6.84. The maximum atomic E-state index is 12.1. The van der Waals surface area contributed by atoms with Gasteiger partial charge in [-0.05, 0) is 50.5 Å². The van der Waals surface area contributed by atoms with Gasteiger partial charge in [0, 0.05) is 13.1 Å². The number of nitrogens with one attached hydrogen (secondary N) is 1. The van der Waals surface area contributed by atoms with E-state index < -0.39 is 5.60 Å². The highest BCUT2D eigenvalue weighted by atomic mass is 32.1. The Morgan fingerprint density at radius 1 is 1.39 bits per heavy atom. The van der Waals surface area contributed by atoms with E-state index in [1.165, 1.54) is 17.7 Å². The average molecular weight is 335 g/mol. The molecule has 3 heterocycles. The second kappa shape index (κ2) is 5.96. The molecular weight excluding hydrogens is 314 g/mol. The molecular formula is C16H21N3O3S. The van der Waals surface area contributed by atoms with E-state index >= 15 is 0 Å². The van der Waals surface area contributed by atoms with Gasteiger partial charge < -0.3 is 14.6 Å². The molecule has 1 aliphatic heterocycles. The molecule has 2 aromatic heterocycles. The monoisotopic (exact) mass is 335 g/mol. The Balaban J connectivity index is 1.70. The van der Waals surface area contributed by atoms with Gasteiger partial charge in [0.25, 0.3) is 5.56 Å². The summed E-state index contributed by atoms with van der Waals surface area (Å²) >= 11 is 1.44. The fraction of sp³-hybridized carbons (Fsp3) is 0.562. The van der Waals surface area contributed by atoms with Crippen molar-refractivity contribution in [2.24, 2.45) is 0 Å². The first kappa shape index (κ1) is 16.0. The third-order valence-corrected chi connectivity index (χ3v) is 4.96. The number of hydrogen-bond acceptors (Lipinski definition) is 5. The number of aromatic nitrogens is 2. The van der Waals surface area contributed by atoms with Gasteiger partial charge in [-0.15, -0.1) is 11.3 Å². The molecule has 0 aromatic carbocycles. The molecule has 1 fully saturated rings. The predicted molar refractivity (Wildman–Crippen MR) is 90.0 cm³/mol. The Morgan fingerprint density at radius 2 is 2.09 bits per heavy atom. The van der Waals surface area contributed by atoms with Gasteiger partial charge in [0.05, 0.1) is 11.8 Å². The van der Waals surface area contributed by atoms with Crippen molar-refractivity contribution in [2.75, 3.05) is 13.1 Å². The van der Waals surface area contributed by atoms with Gasteiger partial charge in [-0.3, -0.25) is 4.79 Å². The van der Waals surface area contributed by atoms with Crippen molar-refractivity contribution in [1.29, 1.82) is 0 Å². The van der Waals surface area contributed by atoms with Crippen molar-refractivity contribution in [3.63, 3.8) is 0 Å². The van der Waals surface area contributed by atoms with E-state index in [2.05, 4.69) is 9.97 Å². The molecule has 23 heavy (non-hydrogen) atoms. The molecule has 6 nitrogen and oxygen atoms in total. The second-order valence-corrected chi connectivity index (χ2v) is 7.72. The number of likely N-dealkylation sites (tertiary alicyclic amines) is 1. The molecule has 0 radical (unpaired) electrons. The lowest BCUT2D eigenvalue weighted by Gasteiger charge is -2.33. The van der Waals surface area contributed by atoms with Gasteiger partial charge in [0.15, 0.2) is 0 Å². The minimum atomic E-state index is -0.470. The number of fused-ring (bicyclic) bond motifs is 1. The first-order valence-corrected chi connectivity index (χ1v) is 8.66. The number of hydrogen-bond donors (Lipinski definition) is 1. The molecule has 0 saturated carbocycles. The Labute approximate surface area is 138 Å². The largest absolute Gasteiger partial charge is 0.444 e. The summed E-state index contributed by atoms with van der Waals surface area (Å²) in [5.41, 5.74) is 1.37. The van der Waals surface area contributed by atoms with Crippen molar-refractivity contribution >= 4 is 27.6 Å². The topological polar surface area (TPSA) is 75.3 Å². The molecule has 0 unspecified atom stereocenters. The SMILES string of the molecule is CC(C)(C)OC(=O)N1CCC(c2csc3c(=O)[nH]cnc23)CC1. The number of aromatic amines is 1. The third kappa shape index (κ3) is 3.39. The molecule has 124 valence electrons. The molecule has 1 aliphatic rings. The molecule has 0 atom stereocenters. The highest BCUT2D eigenvalue weighted by Crippen LogP contribution is 2.34. The van der Waals surface area contributed by atoms with Crippen LogP contribution in [0, 0.1) is 0 Å². The number of rotatable bonds is 1. The van der Waals surface area contributed by atoms with Crippen LogP contribution in [0.15, 0.2) is 16.5 Å². The predicted octanol–water partition coefficient (Wildman–Crippen LogP) is 3.10. The minimum absolute atomic E-state index is 0.0857. The van der Waals surface area contributed by atoms with Gasteiger partial charge in [-0.25, -0.2) is 9.78 Å².